The molecule has 2 aromatic rings. The predicted octanol–water partition coefficient (Wildman–Crippen LogP) is 4.57. The van der Waals surface area contributed by atoms with E-state index in [0.717, 1.165) is 69.4 Å². The molecule has 3 atom stereocenters. The zero-order valence-electron chi connectivity index (χ0n) is 20.9. The van der Waals surface area contributed by atoms with Crippen molar-refractivity contribution in [1.82, 2.24) is 4.90 Å². The minimum atomic E-state index is -0.682. The summed E-state index contributed by atoms with van der Waals surface area (Å²) in [5, 5.41) is 10.9. The van der Waals surface area contributed by atoms with Gasteiger partial charge in [-0.05, 0) is 75.9 Å². The van der Waals surface area contributed by atoms with Gasteiger partial charge in [0.05, 0.1) is 5.60 Å². The lowest BCUT2D eigenvalue weighted by atomic mass is 9.92. The van der Waals surface area contributed by atoms with Crippen molar-refractivity contribution < 1.29 is 9.90 Å². The Hall–Kier alpha value is -2.37. The van der Waals surface area contributed by atoms with Crippen LogP contribution >= 0.6 is 0 Å². The number of carbonyl (C=O) groups is 1. The highest BCUT2D eigenvalue weighted by molar-refractivity contribution is 5.97. The monoisotopic (exact) mass is 461 g/mol. The van der Waals surface area contributed by atoms with E-state index in [1.165, 1.54) is 11.3 Å². The fraction of sp³-hybridized carbons (Fsp3) is 0.552. The largest absolute Gasteiger partial charge is 0.385 e. The SMILES string of the molecule is CC1CN(c2ccccc2CC2CCN(c3ccc(C4(O)CCCC4)cc3)C2=O)CC(C)N1C. The van der Waals surface area contributed by atoms with E-state index in [-0.39, 0.29) is 11.8 Å². The molecule has 0 bridgehead atoms. The molecule has 2 heterocycles. The molecule has 2 aromatic carbocycles. The molecule has 0 aromatic heterocycles. The van der Waals surface area contributed by atoms with E-state index in [0.29, 0.717) is 12.1 Å². The first-order valence-electron chi connectivity index (χ1n) is 13.0. The number of piperazine rings is 1. The van der Waals surface area contributed by atoms with Crippen LogP contribution < -0.4 is 9.80 Å². The van der Waals surface area contributed by atoms with Gasteiger partial charge in [0.2, 0.25) is 5.91 Å². The van der Waals surface area contributed by atoms with Gasteiger partial charge in [-0.25, -0.2) is 0 Å². The van der Waals surface area contributed by atoms with Crippen LogP contribution in [0.1, 0.15) is 57.1 Å². The summed E-state index contributed by atoms with van der Waals surface area (Å²) in [6.07, 6.45) is 5.51. The fourth-order valence-electron chi connectivity index (χ4n) is 6.24. The average molecular weight is 462 g/mol. The number of carbonyl (C=O) groups excluding carboxylic acids is 1. The van der Waals surface area contributed by atoms with Crippen LogP contribution in [0.2, 0.25) is 0 Å². The summed E-state index contributed by atoms with van der Waals surface area (Å²) in [6, 6.07) is 17.7. The van der Waals surface area contributed by atoms with E-state index in [1.807, 2.05) is 29.2 Å². The molecule has 5 heteroatoms. The average Bonchev–Trinajstić information content (AvgIpc) is 3.44. The molecule has 2 aliphatic heterocycles. The standard InChI is InChI=1S/C29H39N3O2/c1-21-19-31(20-22(2)30(21)3)27-9-5-4-8-23(27)18-24-14-17-32(28(24)33)26-12-10-25(11-13-26)29(34)15-6-7-16-29/h4-5,8-13,21-22,24,34H,6-7,14-20H2,1-3H3. The molecule has 0 radical (unpaired) electrons. The van der Waals surface area contributed by atoms with Crippen LogP contribution in [0.15, 0.2) is 48.5 Å². The number of para-hydroxylation sites is 1. The number of benzene rings is 2. The van der Waals surface area contributed by atoms with Crippen molar-refractivity contribution in [3.63, 3.8) is 0 Å². The summed E-state index contributed by atoms with van der Waals surface area (Å²) in [5.41, 5.74) is 3.83. The third-order valence-corrected chi connectivity index (χ3v) is 8.62. The quantitative estimate of drug-likeness (QED) is 0.709. The second kappa shape index (κ2) is 9.35. The molecule has 34 heavy (non-hydrogen) atoms. The first-order valence-corrected chi connectivity index (χ1v) is 13.0. The van der Waals surface area contributed by atoms with Gasteiger partial charge in [0.1, 0.15) is 0 Å². The second-order valence-electron chi connectivity index (χ2n) is 10.9. The van der Waals surface area contributed by atoms with Gasteiger partial charge in [0, 0.05) is 49.0 Å². The highest BCUT2D eigenvalue weighted by Crippen LogP contribution is 2.39. The van der Waals surface area contributed by atoms with Crippen LogP contribution in [0, 0.1) is 5.92 Å². The first-order chi connectivity index (χ1) is 16.4. The molecule has 5 nitrogen and oxygen atoms in total. The Kier molecular flexibility index (Phi) is 6.43. The van der Waals surface area contributed by atoms with Crippen LogP contribution in [-0.2, 0) is 16.8 Å². The molecule has 3 unspecified atom stereocenters. The lowest BCUT2D eigenvalue weighted by molar-refractivity contribution is -0.120. The Balaban J connectivity index is 1.29. The minimum Gasteiger partial charge on any atom is -0.385 e. The summed E-state index contributed by atoms with van der Waals surface area (Å²) in [7, 11) is 2.21. The van der Waals surface area contributed by atoms with Crippen LogP contribution in [0.25, 0.3) is 0 Å². The maximum atomic E-state index is 13.4. The molecular formula is C29H39N3O2. The van der Waals surface area contributed by atoms with E-state index >= 15 is 0 Å². The minimum absolute atomic E-state index is 0.0159. The number of hydrogen-bond donors (Lipinski definition) is 1. The van der Waals surface area contributed by atoms with E-state index in [9.17, 15) is 9.90 Å². The number of hydrogen-bond acceptors (Lipinski definition) is 4. The van der Waals surface area contributed by atoms with Crippen LogP contribution in [0.3, 0.4) is 0 Å². The highest BCUT2D eigenvalue weighted by Gasteiger charge is 2.36. The number of anilines is 2. The fourth-order valence-corrected chi connectivity index (χ4v) is 6.24. The van der Waals surface area contributed by atoms with Gasteiger partial charge in [-0.3, -0.25) is 9.69 Å². The molecule has 2 saturated heterocycles. The van der Waals surface area contributed by atoms with Gasteiger partial charge in [0.25, 0.3) is 0 Å². The van der Waals surface area contributed by atoms with Crippen LogP contribution in [0.4, 0.5) is 11.4 Å². The molecule has 3 aliphatic rings. The number of amides is 1. The summed E-state index contributed by atoms with van der Waals surface area (Å²) >= 11 is 0. The summed E-state index contributed by atoms with van der Waals surface area (Å²) in [5.74, 6) is 0.240. The van der Waals surface area contributed by atoms with Crippen molar-refractivity contribution in [2.75, 3.05) is 36.5 Å². The van der Waals surface area contributed by atoms with E-state index in [4.69, 9.17) is 0 Å². The Labute approximate surface area is 204 Å². The van der Waals surface area contributed by atoms with Gasteiger partial charge in [-0.1, -0.05) is 43.2 Å². The maximum Gasteiger partial charge on any atom is 0.230 e. The zero-order chi connectivity index (χ0) is 23.9. The smallest absolute Gasteiger partial charge is 0.230 e. The van der Waals surface area contributed by atoms with Crippen molar-refractivity contribution in [3.8, 4) is 0 Å². The summed E-state index contributed by atoms with van der Waals surface area (Å²) in [4.78, 5) is 20.3. The zero-order valence-corrected chi connectivity index (χ0v) is 20.9. The Morgan fingerprint density at radius 3 is 2.29 bits per heavy atom. The molecular weight excluding hydrogens is 422 g/mol. The third kappa shape index (κ3) is 4.36. The number of likely N-dealkylation sites (N-methyl/N-ethyl adjacent to an activating group) is 1. The predicted molar refractivity (Wildman–Crippen MR) is 138 cm³/mol. The van der Waals surface area contributed by atoms with Crippen LogP contribution in [0.5, 0.6) is 0 Å². The van der Waals surface area contributed by atoms with Crippen molar-refractivity contribution in [2.24, 2.45) is 5.92 Å². The highest BCUT2D eigenvalue weighted by atomic mass is 16.3. The van der Waals surface area contributed by atoms with Gasteiger partial charge >= 0.3 is 0 Å². The molecule has 5 rings (SSSR count). The Morgan fingerprint density at radius 1 is 0.971 bits per heavy atom. The number of aliphatic hydroxyl groups is 1. The van der Waals surface area contributed by atoms with E-state index < -0.39 is 5.60 Å². The topological polar surface area (TPSA) is 47.0 Å². The summed E-state index contributed by atoms with van der Waals surface area (Å²) < 4.78 is 0. The first kappa shape index (κ1) is 23.4. The van der Waals surface area contributed by atoms with Crippen molar-refractivity contribution >= 4 is 17.3 Å². The van der Waals surface area contributed by atoms with E-state index in [2.05, 4.69) is 55.0 Å². The second-order valence-corrected chi connectivity index (χ2v) is 10.9. The number of nitrogens with zero attached hydrogens (tertiary/aromatic N) is 3. The van der Waals surface area contributed by atoms with Gasteiger partial charge < -0.3 is 14.9 Å². The molecule has 1 saturated carbocycles. The van der Waals surface area contributed by atoms with E-state index in [1.54, 1.807) is 0 Å². The molecule has 0 spiro atoms. The van der Waals surface area contributed by atoms with Gasteiger partial charge in [0.15, 0.2) is 0 Å². The molecule has 1 N–H and O–H groups in total. The third-order valence-electron chi connectivity index (χ3n) is 8.62. The van der Waals surface area contributed by atoms with Gasteiger partial charge in [-0.15, -0.1) is 0 Å². The lowest BCUT2D eigenvalue weighted by Gasteiger charge is -2.44. The van der Waals surface area contributed by atoms with Crippen LogP contribution in [-0.4, -0.2) is 54.7 Å². The Morgan fingerprint density at radius 2 is 1.62 bits per heavy atom. The number of rotatable bonds is 5. The lowest BCUT2D eigenvalue weighted by Crippen LogP contribution is -2.55. The molecule has 182 valence electrons. The summed E-state index contributed by atoms with van der Waals surface area (Å²) in [6.45, 7) is 7.38. The molecule has 1 amide bonds. The molecule has 3 fully saturated rings. The van der Waals surface area contributed by atoms with Crippen molar-refractivity contribution in [2.45, 2.75) is 70.1 Å². The maximum absolute atomic E-state index is 13.4. The van der Waals surface area contributed by atoms with Gasteiger partial charge in [-0.2, -0.15) is 0 Å². The molecule has 1 aliphatic carbocycles. The Bertz CT molecular complexity index is 1000. The van der Waals surface area contributed by atoms with Crippen molar-refractivity contribution in [1.29, 1.82) is 0 Å². The normalized spacial score (nSPS) is 27.5. The van der Waals surface area contributed by atoms with Crippen molar-refractivity contribution in [3.05, 3.63) is 59.7 Å².